The van der Waals surface area contributed by atoms with E-state index >= 15 is 0 Å². The molecule has 10 heteroatoms. The number of nitrogens with one attached hydrogen (secondary N) is 1. The maximum atomic E-state index is 13.3. The summed E-state index contributed by atoms with van der Waals surface area (Å²) in [4.78, 5) is 48.3. The Morgan fingerprint density at radius 2 is 2.06 bits per heavy atom. The molecule has 34 heavy (non-hydrogen) atoms. The minimum Gasteiger partial charge on any atom is -0.365 e. The number of aromatic nitrogens is 3. The molecule has 0 saturated carbocycles. The summed E-state index contributed by atoms with van der Waals surface area (Å²) in [5.74, 6) is -0.398. The van der Waals surface area contributed by atoms with Gasteiger partial charge in [0.1, 0.15) is 10.8 Å². The quantitative estimate of drug-likeness (QED) is 0.315. The summed E-state index contributed by atoms with van der Waals surface area (Å²) in [6.07, 6.45) is 4.31. The molecule has 5 rings (SSSR count). The number of hydrogen-bond donors (Lipinski definition) is 2. The summed E-state index contributed by atoms with van der Waals surface area (Å²) >= 11 is 2.55. The monoisotopic (exact) mass is 491 g/mol. The SMILES string of the molecule is Cc1ccnc(-n2c(SCC(=O)Nc3sc4c(c3C(N)=O)CCC4)nc3ccccc3c2=O)c1. The second kappa shape index (κ2) is 9.03. The number of carbonyl (C=O) groups is 2. The maximum Gasteiger partial charge on any atom is 0.267 e. The van der Waals surface area contributed by atoms with E-state index < -0.39 is 5.91 Å². The van der Waals surface area contributed by atoms with Crippen LogP contribution in [-0.2, 0) is 17.6 Å². The fourth-order valence-electron chi connectivity index (χ4n) is 4.10. The van der Waals surface area contributed by atoms with Crippen LogP contribution in [-0.4, -0.2) is 32.1 Å². The summed E-state index contributed by atoms with van der Waals surface area (Å²) in [6, 6.07) is 10.7. The predicted molar refractivity (Wildman–Crippen MR) is 134 cm³/mol. The summed E-state index contributed by atoms with van der Waals surface area (Å²) in [5, 5.41) is 4.16. The summed E-state index contributed by atoms with van der Waals surface area (Å²) < 4.78 is 1.43. The Morgan fingerprint density at radius 1 is 1.24 bits per heavy atom. The van der Waals surface area contributed by atoms with Gasteiger partial charge in [0, 0.05) is 11.1 Å². The third kappa shape index (κ3) is 4.10. The van der Waals surface area contributed by atoms with Gasteiger partial charge in [-0.3, -0.25) is 14.4 Å². The molecule has 0 saturated heterocycles. The molecule has 0 atom stereocenters. The van der Waals surface area contributed by atoms with Crippen LogP contribution >= 0.6 is 23.1 Å². The van der Waals surface area contributed by atoms with Crippen molar-refractivity contribution in [1.82, 2.24) is 14.5 Å². The maximum absolute atomic E-state index is 13.3. The zero-order valence-electron chi connectivity index (χ0n) is 18.3. The lowest BCUT2D eigenvalue weighted by atomic mass is 10.1. The van der Waals surface area contributed by atoms with Gasteiger partial charge >= 0.3 is 0 Å². The highest BCUT2D eigenvalue weighted by Crippen LogP contribution is 2.39. The number of para-hydroxylation sites is 1. The van der Waals surface area contributed by atoms with Crippen LogP contribution < -0.4 is 16.6 Å². The molecule has 3 aromatic heterocycles. The normalized spacial score (nSPS) is 12.6. The standard InChI is InChI=1S/C24H21N5O3S2/c1-13-9-10-26-18(11-13)29-23(32)14-5-2-3-7-16(14)27-24(29)33-12-19(30)28-22-20(21(25)31)15-6-4-8-17(15)34-22/h2-3,5,7,9-11H,4,6,8,12H2,1H3,(H2,25,31)(H,28,30). The molecule has 3 N–H and O–H groups in total. The first-order valence-electron chi connectivity index (χ1n) is 10.7. The van der Waals surface area contributed by atoms with Crippen LogP contribution in [0, 0.1) is 6.92 Å². The van der Waals surface area contributed by atoms with Crippen molar-refractivity contribution in [2.24, 2.45) is 5.73 Å². The van der Waals surface area contributed by atoms with Crippen molar-refractivity contribution in [3.8, 4) is 5.82 Å². The number of amides is 2. The predicted octanol–water partition coefficient (Wildman–Crippen LogP) is 3.47. The lowest BCUT2D eigenvalue weighted by molar-refractivity contribution is -0.113. The number of nitrogens with zero attached hydrogens (tertiary/aromatic N) is 3. The molecule has 1 aliphatic carbocycles. The highest BCUT2D eigenvalue weighted by atomic mass is 32.2. The Hall–Kier alpha value is -3.50. The number of fused-ring (bicyclic) bond motifs is 2. The fraction of sp³-hybridized carbons (Fsp3) is 0.208. The third-order valence-corrected chi connectivity index (χ3v) is 7.77. The van der Waals surface area contributed by atoms with Gasteiger partial charge in [0.05, 0.1) is 22.2 Å². The summed E-state index contributed by atoms with van der Waals surface area (Å²) in [5.41, 5.74) is 8.21. The van der Waals surface area contributed by atoms with Gasteiger partial charge < -0.3 is 11.1 Å². The van der Waals surface area contributed by atoms with E-state index in [-0.39, 0.29) is 17.2 Å². The Morgan fingerprint density at radius 3 is 2.85 bits per heavy atom. The number of carbonyl (C=O) groups excluding carboxylic acids is 2. The zero-order valence-corrected chi connectivity index (χ0v) is 20.0. The first-order valence-corrected chi connectivity index (χ1v) is 12.5. The van der Waals surface area contributed by atoms with E-state index in [2.05, 4.69) is 15.3 Å². The Labute approximate surface area is 203 Å². The Kier molecular flexibility index (Phi) is 5.93. The van der Waals surface area contributed by atoms with Crippen LogP contribution in [0.25, 0.3) is 16.7 Å². The molecule has 8 nitrogen and oxygen atoms in total. The minimum absolute atomic E-state index is 0.00261. The van der Waals surface area contributed by atoms with E-state index in [9.17, 15) is 14.4 Å². The number of rotatable bonds is 6. The topological polar surface area (TPSA) is 120 Å². The van der Waals surface area contributed by atoms with Crippen LogP contribution in [0.3, 0.4) is 0 Å². The molecule has 2 amide bonds. The first-order chi connectivity index (χ1) is 16.4. The highest BCUT2D eigenvalue weighted by Gasteiger charge is 2.26. The number of nitrogens with two attached hydrogens (primary N) is 1. The van der Waals surface area contributed by atoms with E-state index in [0.717, 1.165) is 47.0 Å². The zero-order chi connectivity index (χ0) is 23.8. The molecule has 0 radical (unpaired) electrons. The van der Waals surface area contributed by atoms with E-state index in [4.69, 9.17) is 5.73 Å². The molecule has 172 valence electrons. The molecule has 0 fully saturated rings. The number of benzene rings is 1. The van der Waals surface area contributed by atoms with Gasteiger partial charge in [-0.1, -0.05) is 23.9 Å². The van der Waals surface area contributed by atoms with Crippen LogP contribution in [0.5, 0.6) is 0 Å². The lowest BCUT2D eigenvalue weighted by Gasteiger charge is -2.13. The van der Waals surface area contributed by atoms with Crippen molar-refractivity contribution in [3.05, 3.63) is 74.5 Å². The number of anilines is 1. The number of thioether (sulfide) groups is 1. The number of pyridine rings is 1. The van der Waals surface area contributed by atoms with E-state index in [1.807, 2.05) is 19.1 Å². The van der Waals surface area contributed by atoms with Crippen molar-refractivity contribution in [1.29, 1.82) is 0 Å². The summed E-state index contributed by atoms with van der Waals surface area (Å²) in [7, 11) is 0. The molecule has 0 spiro atoms. The van der Waals surface area contributed by atoms with Crippen LogP contribution in [0.2, 0.25) is 0 Å². The number of aryl methyl sites for hydroxylation is 2. The first kappa shape index (κ1) is 22.3. The third-order valence-electron chi connectivity index (χ3n) is 5.63. The van der Waals surface area contributed by atoms with Gasteiger partial charge in [-0.15, -0.1) is 11.3 Å². The molecule has 0 bridgehead atoms. The van der Waals surface area contributed by atoms with Gasteiger partial charge in [0.2, 0.25) is 5.91 Å². The van der Waals surface area contributed by atoms with E-state index in [1.165, 1.54) is 15.9 Å². The van der Waals surface area contributed by atoms with Crippen LogP contribution in [0.4, 0.5) is 5.00 Å². The van der Waals surface area contributed by atoms with Gasteiger partial charge in [0.15, 0.2) is 5.16 Å². The van der Waals surface area contributed by atoms with Crippen molar-refractivity contribution >= 4 is 50.8 Å². The molecular weight excluding hydrogens is 470 g/mol. The van der Waals surface area contributed by atoms with Crippen molar-refractivity contribution < 1.29 is 9.59 Å². The largest absolute Gasteiger partial charge is 0.365 e. The Balaban J connectivity index is 1.45. The Bertz CT molecular complexity index is 1510. The lowest BCUT2D eigenvalue weighted by Crippen LogP contribution is -2.24. The van der Waals surface area contributed by atoms with Gasteiger partial charge in [-0.25, -0.2) is 14.5 Å². The van der Waals surface area contributed by atoms with Crippen molar-refractivity contribution in [3.63, 3.8) is 0 Å². The highest BCUT2D eigenvalue weighted by molar-refractivity contribution is 7.99. The molecule has 3 heterocycles. The second-order valence-corrected chi connectivity index (χ2v) is 10.1. The van der Waals surface area contributed by atoms with Crippen LogP contribution in [0.1, 0.15) is 32.8 Å². The van der Waals surface area contributed by atoms with Crippen LogP contribution in [0.15, 0.2) is 52.5 Å². The smallest absolute Gasteiger partial charge is 0.267 e. The second-order valence-electron chi connectivity index (χ2n) is 8.01. The number of hydrogen-bond acceptors (Lipinski definition) is 7. The summed E-state index contributed by atoms with van der Waals surface area (Å²) in [6.45, 7) is 1.92. The number of thiophene rings is 1. The fourth-order valence-corrected chi connectivity index (χ4v) is 6.21. The van der Waals surface area contributed by atoms with Gasteiger partial charge in [-0.2, -0.15) is 0 Å². The molecule has 1 aliphatic rings. The van der Waals surface area contributed by atoms with Gasteiger partial charge in [0.25, 0.3) is 11.5 Å². The van der Waals surface area contributed by atoms with Crippen molar-refractivity contribution in [2.75, 3.05) is 11.1 Å². The number of primary amides is 1. The van der Waals surface area contributed by atoms with E-state index in [0.29, 0.717) is 32.4 Å². The van der Waals surface area contributed by atoms with Gasteiger partial charge in [-0.05, 0) is 61.6 Å². The average Bonchev–Trinajstić information content (AvgIpc) is 3.38. The molecule has 0 unspecified atom stereocenters. The average molecular weight is 492 g/mol. The molecular formula is C24H21N5O3S2. The molecule has 0 aliphatic heterocycles. The van der Waals surface area contributed by atoms with E-state index in [1.54, 1.807) is 30.5 Å². The molecule has 1 aromatic carbocycles. The molecule has 4 aromatic rings. The minimum atomic E-state index is -0.530. The van der Waals surface area contributed by atoms with Crippen molar-refractivity contribution in [2.45, 2.75) is 31.3 Å².